The van der Waals surface area contributed by atoms with Crippen LogP contribution in [-0.4, -0.2) is 37.0 Å². The van der Waals surface area contributed by atoms with E-state index in [0.717, 1.165) is 26.2 Å². The van der Waals surface area contributed by atoms with Gasteiger partial charge in [0.1, 0.15) is 0 Å². The molecule has 0 aromatic heterocycles. The van der Waals surface area contributed by atoms with Gasteiger partial charge in [-0.2, -0.15) is 0 Å². The SMILES string of the molecule is CC(=O)N1C[C@@H]2CN(c3cccc(Br)c3F)C[C@@H]2C1. The Balaban J connectivity index is 1.75. The number of nitrogens with zero attached hydrogens (tertiary/aromatic N) is 2. The monoisotopic (exact) mass is 326 g/mol. The number of rotatable bonds is 1. The highest BCUT2D eigenvalue weighted by Crippen LogP contribution is 2.36. The summed E-state index contributed by atoms with van der Waals surface area (Å²) in [4.78, 5) is 15.4. The van der Waals surface area contributed by atoms with Gasteiger partial charge < -0.3 is 9.80 Å². The molecular formula is C14H16BrFN2O. The van der Waals surface area contributed by atoms with E-state index in [4.69, 9.17) is 0 Å². The average molecular weight is 327 g/mol. The molecule has 102 valence electrons. The minimum Gasteiger partial charge on any atom is -0.368 e. The topological polar surface area (TPSA) is 23.6 Å². The fourth-order valence-corrected chi connectivity index (χ4v) is 3.54. The van der Waals surface area contributed by atoms with Crippen molar-refractivity contribution < 1.29 is 9.18 Å². The van der Waals surface area contributed by atoms with Crippen LogP contribution in [0.3, 0.4) is 0 Å². The van der Waals surface area contributed by atoms with Crippen LogP contribution < -0.4 is 4.90 Å². The highest BCUT2D eigenvalue weighted by molar-refractivity contribution is 9.10. The highest BCUT2D eigenvalue weighted by atomic mass is 79.9. The molecule has 0 saturated carbocycles. The van der Waals surface area contributed by atoms with Gasteiger partial charge in [-0.05, 0) is 28.1 Å². The summed E-state index contributed by atoms with van der Waals surface area (Å²) in [5.41, 5.74) is 0.665. The maximum absolute atomic E-state index is 14.1. The lowest BCUT2D eigenvalue weighted by Gasteiger charge is -2.23. The largest absolute Gasteiger partial charge is 0.368 e. The summed E-state index contributed by atoms with van der Waals surface area (Å²) < 4.78 is 14.6. The third kappa shape index (κ3) is 2.24. The summed E-state index contributed by atoms with van der Waals surface area (Å²) in [6.45, 7) is 4.91. The molecule has 1 amide bonds. The van der Waals surface area contributed by atoms with Gasteiger partial charge in [-0.15, -0.1) is 0 Å². The van der Waals surface area contributed by atoms with E-state index in [-0.39, 0.29) is 11.7 Å². The number of halogens is 2. The van der Waals surface area contributed by atoms with Crippen LogP contribution in [0.4, 0.5) is 10.1 Å². The lowest BCUT2D eigenvalue weighted by atomic mass is 10.0. The molecule has 5 heteroatoms. The van der Waals surface area contributed by atoms with Crippen LogP contribution in [0.25, 0.3) is 0 Å². The van der Waals surface area contributed by atoms with Crippen molar-refractivity contribution in [2.24, 2.45) is 11.8 Å². The third-order valence-electron chi connectivity index (χ3n) is 4.20. The van der Waals surface area contributed by atoms with E-state index in [1.54, 1.807) is 13.0 Å². The molecule has 0 bridgehead atoms. The standard InChI is InChI=1S/C14H16BrFN2O/c1-9(19)17-5-10-7-18(8-11(10)6-17)13-4-2-3-12(15)14(13)16/h2-4,10-11H,5-8H2,1H3/t10-,11+. The van der Waals surface area contributed by atoms with Crippen molar-refractivity contribution >= 4 is 27.5 Å². The lowest BCUT2D eigenvalue weighted by molar-refractivity contribution is -0.128. The normalized spacial score (nSPS) is 25.8. The molecule has 2 atom stereocenters. The van der Waals surface area contributed by atoms with Crippen molar-refractivity contribution in [3.8, 4) is 0 Å². The molecule has 1 aromatic rings. The number of fused-ring (bicyclic) bond motifs is 1. The van der Waals surface area contributed by atoms with Crippen molar-refractivity contribution in [2.75, 3.05) is 31.1 Å². The Morgan fingerprint density at radius 1 is 1.26 bits per heavy atom. The molecule has 0 radical (unpaired) electrons. The number of hydrogen-bond acceptors (Lipinski definition) is 2. The number of benzene rings is 1. The van der Waals surface area contributed by atoms with Crippen LogP contribution in [0.5, 0.6) is 0 Å². The number of carbonyl (C=O) groups is 1. The fourth-order valence-electron chi connectivity index (χ4n) is 3.18. The predicted octanol–water partition coefficient (Wildman–Crippen LogP) is 2.50. The van der Waals surface area contributed by atoms with E-state index in [1.807, 2.05) is 17.0 Å². The summed E-state index contributed by atoms with van der Waals surface area (Å²) in [5.74, 6) is 0.907. The molecule has 1 aromatic carbocycles. The number of likely N-dealkylation sites (tertiary alicyclic amines) is 1. The third-order valence-corrected chi connectivity index (χ3v) is 4.82. The van der Waals surface area contributed by atoms with Gasteiger partial charge in [-0.25, -0.2) is 4.39 Å². The Morgan fingerprint density at radius 2 is 1.89 bits per heavy atom. The Kier molecular flexibility index (Phi) is 3.25. The minimum absolute atomic E-state index is 0.148. The molecule has 2 aliphatic rings. The van der Waals surface area contributed by atoms with E-state index in [1.165, 1.54) is 0 Å². The molecule has 3 nitrogen and oxygen atoms in total. The van der Waals surface area contributed by atoms with Crippen molar-refractivity contribution in [3.05, 3.63) is 28.5 Å². The number of anilines is 1. The number of carbonyl (C=O) groups excluding carboxylic acids is 1. The first-order valence-corrected chi connectivity index (χ1v) is 7.30. The van der Waals surface area contributed by atoms with Crippen LogP contribution in [-0.2, 0) is 4.79 Å². The first-order valence-electron chi connectivity index (χ1n) is 6.50. The maximum atomic E-state index is 14.1. The molecule has 19 heavy (non-hydrogen) atoms. The van der Waals surface area contributed by atoms with E-state index in [0.29, 0.717) is 22.0 Å². The molecule has 0 spiro atoms. The molecule has 2 fully saturated rings. The van der Waals surface area contributed by atoms with Gasteiger partial charge in [0, 0.05) is 44.9 Å². The second kappa shape index (κ2) is 4.78. The van der Waals surface area contributed by atoms with Crippen LogP contribution in [0.1, 0.15) is 6.92 Å². The van der Waals surface area contributed by atoms with Gasteiger partial charge in [-0.3, -0.25) is 4.79 Å². The zero-order valence-corrected chi connectivity index (χ0v) is 12.4. The zero-order valence-electron chi connectivity index (χ0n) is 10.8. The molecule has 0 N–H and O–H groups in total. The summed E-state index contributed by atoms with van der Waals surface area (Å²) in [5, 5.41) is 0. The van der Waals surface area contributed by atoms with E-state index >= 15 is 0 Å². The smallest absolute Gasteiger partial charge is 0.219 e. The van der Waals surface area contributed by atoms with Crippen molar-refractivity contribution in [2.45, 2.75) is 6.92 Å². The molecule has 3 rings (SSSR count). The van der Waals surface area contributed by atoms with Gasteiger partial charge >= 0.3 is 0 Å². The molecule has 2 aliphatic heterocycles. The summed E-state index contributed by atoms with van der Waals surface area (Å²) in [7, 11) is 0. The van der Waals surface area contributed by atoms with Crippen molar-refractivity contribution in [1.82, 2.24) is 4.90 Å². The van der Waals surface area contributed by atoms with Crippen LogP contribution in [0, 0.1) is 17.7 Å². The van der Waals surface area contributed by atoms with Crippen molar-refractivity contribution in [3.63, 3.8) is 0 Å². The Labute approximate surface area is 120 Å². The van der Waals surface area contributed by atoms with Crippen LogP contribution in [0.2, 0.25) is 0 Å². The van der Waals surface area contributed by atoms with E-state index in [2.05, 4.69) is 20.8 Å². The first-order chi connectivity index (χ1) is 9.06. The van der Waals surface area contributed by atoms with Gasteiger partial charge in [0.15, 0.2) is 5.82 Å². The zero-order chi connectivity index (χ0) is 13.6. The molecule has 0 unspecified atom stereocenters. The summed E-state index contributed by atoms with van der Waals surface area (Å²) >= 11 is 3.23. The summed E-state index contributed by atoms with van der Waals surface area (Å²) in [6, 6.07) is 5.40. The van der Waals surface area contributed by atoms with E-state index < -0.39 is 0 Å². The molecule has 0 aliphatic carbocycles. The predicted molar refractivity (Wildman–Crippen MR) is 75.5 cm³/mol. The summed E-state index contributed by atoms with van der Waals surface area (Å²) in [6.07, 6.45) is 0. The van der Waals surface area contributed by atoms with Gasteiger partial charge in [0.25, 0.3) is 0 Å². The number of hydrogen-bond donors (Lipinski definition) is 0. The lowest BCUT2D eigenvalue weighted by Crippen LogP contribution is -2.31. The first kappa shape index (κ1) is 12.9. The van der Waals surface area contributed by atoms with Crippen LogP contribution in [0.15, 0.2) is 22.7 Å². The minimum atomic E-state index is -0.189. The molecule has 2 heterocycles. The second-order valence-corrected chi connectivity index (χ2v) is 6.28. The average Bonchev–Trinajstić information content (AvgIpc) is 2.90. The Hall–Kier alpha value is -1.10. The van der Waals surface area contributed by atoms with Gasteiger partial charge in [0.05, 0.1) is 10.2 Å². The second-order valence-electron chi connectivity index (χ2n) is 5.42. The number of amides is 1. The fraction of sp³-hybridized carbons (Fsp3) is 0.500. The van der Waals surface area contributed by atoms with Crippen molar-refractivity contribution in [1.29, 1.82) is 0 Å². The van der Waals surface area contributed by atoms with E-state index in [9.17, 15) is 9.18 Å². The quantitative estimate of drug-likeness (QED) is 0.791. The maximum Gasteiger partial charge on any atom is 0.219 e. The Morgan fingerprint density at radius 3 is 2.47 bits per heavy atom. The molecule has 2 saturated heterocycles. The van der Waals surface area contributed by atoms with Crippen LogP contribution >= 0.6 is 15.9 Å². The molecular weight excluding hydrogens is 311 g/mol. The van der Waals surface area contributed by atoms with Gasteiger partial charge in [-0.1, -0.05) is 6.07 Å². The van der Waals surface area contributed by atoms with Gasteiger partial charge in [0.2, 0.25) is 5.91 Å². The highest BCUT2D eigenvalue weighted by Gasteiger charge is 2.41. The Bertz CT molecular complexity index is 508.